The molecule has 0 bridgehead atoms. The van der Waals surface area contributed by atoms with Crippen LogP contribution in [-0.2, 0) is 42.9 Å². The van der Waals surface area contributed by atoms with Crippen LogP contribution in [0.1, 0.15) is 40.0 Å². The Morgan fingerprint density at radius 1 is 0.821 bits per heavy atom. The number of piperidine rings is 1. The molecule has 0 radical (unpaired) electrons. The van der Waals surface area contributed by atoms with Crippen LogP contribution in [0.15, 0.2) is 12.2 Å². The van der Waals surface area contributed by atoms with E-state index in [2.05, 4.69) is 10.2 Å². The Morgan fingerprint density at radius 2 is 1.33 bits per heavy atom. The second-order valence-corrected chi connectivity index (χ2v) is 10.4. The van der Waals surface area contributed by atoms with Crippen LogP contribution in [-0.4, -0.2) is 125 Å². The standard InChI is InChI=1S/C27H45N3O9/c1-27(2,3)39-25(33)8-14-35-16-18-37-20-21-38-19-17-36-15-9-28-26(34)22-6-10-29(11-7-22)12-13-30-23(31)4-5-24(30)32/h4-5,22H,6-21H2,1-3H3,(H,28,34). The number of carbonyl (C=O) groups excluding carboxylic acids is 4. The van der Waals surface area contributed by atoms with E-state index in [0.29, 0.717) is 72.5 Å². The van der Waals surface area contributed by atoms with Gasteiger partial charge in [-0.25, -0.2) is 0 Å². The Labute approximate surface area is 231 Å². The fraction of sp³-hybridized carbons (Fsp3) is 0.778. The number of likely N-dealkylation sites (tertiary alicyclic amines) is 1. The Morgan fingerprint density at radius 3 is 1.87 bits per heavy atom. The zero-order valence-corrected chi connectivity index (χ0v) is 23.6. The number of carbonyl (C=O) groups is 4. The summed E-state index contributed by atoms with van der Waals surface area (Å²) in [5.74, 6) is -0.791. The van der Waals surface area contributed by atoms with Gasteiger partial charge in [0.05, 0.1) is 59.3 Å². The van der Waals surface area contributed by atoms with Gasteiger partial charge < -0.3 is 33.9 Å². The molecule has 0 aromatic rings. The van der Waals surface area contributed by atoms with E-state index >= 15 is 0 Å². The highest BCUT2D eigenvalue weighted by Crippen LogP contribution is 2.17. The van der Waals surface area contributed by atoms with Crippen molar-refractivity contribution >= 4 is 23.7 Å². The molecule has 2 heterocycles. The lowest BCUT2D eigenvalue weighted by atomic mass is 9.96. The van der Waals surface area contributed by atoms with Gasteiger partial charge in [-0.2, -0.15) is 0 Å². The maximum atomic E-state index is 12.4. The highest BCUT2D eigenvalue weighted by atomic mass is 16.6. The van der Waals surface area contributed by atoms with Crippen molar-refractivity contribution in [3.63, 3.8) is 0 Å². The lowest BCUT2D eigenvalue weighted by Crippen LogP contribution is -2.44. The van der Waals surface area contributed by atoms with Crippen LogP contribution in [0, 0.1) is 5.92 Å². The number of hydrogen-bond donors (Lipinski definition) is 1. The van der Waals surface area contributed by atoms with Gasteiger partial charge in [-0.1, -0.05) is 0 Å². The number of esters is 1. The summed E-state index contributed by atoms with van der Waals surface area (Å²) in [6.45, 7) is 11.8. The van der Waals surface area contributed by atoms with Gasteiger partial charge in [-0.05, 0) is 46.7 Å². The van der Waals surface area contributed by atoms with Crippen LogP contribution >= 0.6 is 0 Å². The van der Waals surface area contributed by atoms with Crippen LogP contribution in [0.5, 0.6) is 0 Å². The normalized spacial score (nSPS) is 16.7. The van der Waals surface area contributed by atoms with Crippen molar-refractivity contribution in [3.05, 3.63) is 12.2 Å². The lowest BCUT2D eigenvalue weighted by molar-refractivity contribution is -0.156. The lowest BCUT2D eigenvalue weighted by Gasteiger charge is -2.32. The number of rotatable bonds is 19. The summed E-state index contributed by atoms with van der Waals surface area (Å²) >= 11 is 0. The maximum absolute atomic E-state index is 12.4. The highest BCUT2D eigenvalue weighted by molar-refractivity contribution is 6.12. The van der Waals surface area contributed by atoms with Crippen LogP contribution in [0.2, 0.25) is 0 Å². The molecule has 39 heavy (non-hydrogen) atoms. The summed E-state index contributed by atoms with van der Waals surface area (Å²) in [5.41, 5.74) is -0.483. The molecule has 2 aliphatic heterocycles. The van der Waals surface area contributed by atoms with Crippen LogP contribution < -0.4 is 5.32 Å². The van der Waals surface area contributed by atoms with Crippen molar-refractivity contribution in [3.8, 4) is 0 Å². The fourth-order valence-corrected chi connectivity index (χ4v) is 4.01. The van der Waals surface area contributed by atoms with E-state index in [1.165, 1.54) is 17.1 Å². The molecule has 2 aliphatic rings. The van der Waals surface area contributed by atoms with Crippen LogP contribution in [0.3, 0.4) is 0 Å². The van der Waals surface area contributed by atoms with Gasteiger partial charge in [0.15, 0.2) is 0 Å². The van der Waals surface area contributed by atoms with E-state index in [1.54, 1.807) is 0 Å². The summed E-state index contributed by atoms with van der Waals surface area (Å²) in [6, 6.07) is 0. The molecule has 12 heteroatoms. The van der Waals surface area contributed by atoms with Crippen molar-refractivity contribution < 1.29 is 42.9 Å². The minimum atomic E-state index is -0.483. The quantitative estimate of drug-likeness (QED) is 0.137. The predicted octanol–water partition coefficient (Wildman–Crippen LogP) is 0.538. The first kappa shape index (κ1) is 32.8. The molecular weight excluding hydrogens is 510 g/mol. The Kier molecular flexibility index (Phi) is 15.2. The van der Waals surface area contributed by atoms with Gasteiger partial charge in [0, 0.05) is 37.7 Å². The van der Waals surface area contributed by atoms with Gasteiger partial charge in [-0.15, -0.1) is 0 Å². The van der Waals surface area contributed by atoms with Crippen molar-refractivity contribution in [1.82, 2.24) is 15.1 Å². The molecule has 12 nitrogen and oxygen atoms in total. The molecule has 0 unspecified atom stereocenters. The van der Waals surface area contributed by atoms with E-state index in [0.717, 1.165) is 25.9 Å². The van der Waals surface area contributed by atoms with Gasteiger partial charge in [0.1, 0.15) is 5.60 Å². The molecule has 2 rings (SSSR count). The molecule has 1 saturated heterocycles. The number of amides is 3. The third-order valence-corrected chi connectivity index (χ3v) is 6.03. The van der Waals surface area contributed by atoms with E-state index in [1.807, 2.05) is 20.8 Å². The average Bonchev–Trinajstić information content (AvgIpc) is 3.20. The van der Waals surface area contributed by atoms with Crippen LogP contribution in [0.25, 0.3) is 0 Å². The van der Waals surface area contributed by atoms with Gasteiger partial charge in [0.2, 0.25) is 5.91 Å². The Hall–Kier alpha value is -2.38. The highest BCUT2D eigenvalue weighted by Gasteiger charge is 2.27. The third kappa shape index (κ3) is 14.5. The molecule has 0 aromatic carbocycles. The Bertz CT molecular complexity index is 787. The fourth-order valence-electron chi connectivity index (χ4n) is 4.01. The minimum Gasteiger partial charge on any atom is -0.460 e. The number of nitrogens with zero attached hydrogens (tertiary/aromatic N) is 2. The largest absolute Gasteiger partial charge is 0.460 e. The molecule has 0 atom stereocenters. The predicted molar refractivity (Wildman–Crippen MR) is 142 cm³/mol. The average molecular weight is 556 g/mol. The second-order valence-electron chi connectivity index (χ2n) is 10.4. The first-order valence-electron chi connectivity index (χ1n) is 13.7. The first-order valence-corrected chi connectivity index (χ1v) is 13.7. The van der Waals surface area contributed by atoms with Crippen molar-refractivity contribution in [2.45, 2.75) is 45.6 Å². The number of ether oxygens (including phenoxy) is 5. The third-order valence-electron chi connectivity index (χ3n) is 6.03. The van der Waals surface area contributed by atoms with E-state index in [9.17, 15) is 19.2 Å². The van der Waals surface area contributed by atoms with Crippen molar-refractivity contribution in [2.75, 3.05) is 85.6 Å². The molecule has 0 saturated carbocycles. The summed E-state index contributed by atoms with van der Waals surface area (Å²) in [4.78, 5) is 50.6. The molecule has 1 fully saturated rings. The van der Waals surface area contributed by atoms with Gasteiger partial charge in [-0.3, -0.25) is 24.1 Å². The molecule has 0 aliphatic carbocycles. The van der Waals surface area contributed by atoms with E-state index < -0.39 is 5.60 Å². The van der Waals surface area contributed by atoms with Crippen molar-refractivity contribution in [2.24, 2.45) is 5.92 Å². The maximum Gasteiger partial charge on any atom is 0.308 e. The zero-order valence-electron chi connectivity index (χ0n) is 23.6. The molecule has 1 N–H and O–H groups in total. The van der Waals surface area contributed by atoms with Gasteiger partial charge >= 0.3 is 5.97 Å². The van der Waals surface area contributed by atoms with E-state index in [4.69, 9.17) is 23.7 Å². The van der Waals surface area contributed by atoms with Crippen molar-refractivity contribution in [1.29, 1.82) is 0 Å². The van der Waals surface area contributed by atoms with Gasteiger partial charge in [0.25, 0.3) is 11.8 Å². The SMILES string of the molecule is CC(C)(C)OC(=O)CCOCCOCCOCCOCCNC(=O)C1CCN(CCN2C(=O)C=CC2=O)CC1. The number of hydrogen-bond acceptors (Lipinski definition) is 10. The molecule has 0 spiro atoms. The monoisotopic (exact) mass is 555 g/mol. The Balaban J connectivity index is 1.33. The smallest absolute Gasteiger partial charge is 0.308 e. The van der Waals surface area contributed by atoms with Crippen LogP contribution in [0.4, 0.5) is 0 Å². The summed E-state index contributed by atoms with van der Waals surface area (Å²) in [7, 11) is 0. The number of nitrogens with one attached hydrogen (secondary N) is 1. The minimum absolute atomic E-state index is 0.0309. The topological polar surface area (TPSA) is 133 Å². The first-order chi connectivity index (χ1) is 18.7. The molecule has 222 valence electrons. The molecule has 0 aromatic heterocycles. The summed E-state index contributed by atoms with van der Waals surface area (Å²) in [5, 5.41) is 2.92. The molecular formula is C27H45N3O9. The second kappa shape index (κ2) is 18.1. The zero-order chi connectivity index (χ0) is 28.5. The molecule has 3 amide bonds. The van der Waals surface area contributed by atoms with E-state index in [-0.39, 0.29) is 36.0 Å². The summed E-state index contributed by atoms with van der Waals surface area (Å²) < 4.78 is 26.9. The summed E-state index contributed by atoms with van der Waals surface area (Å²) in [6.07, 6.45) is 4.31. The number of imide groups is 1.